The molecule has 4 heteroatoms. The van der Waals surface area contributed by atoms with Crippen LogP contribution in [0.1, 0.15) is 51.0 Å². The molecule has 2 heterocycles. The summed E-state index contributed by atoms with van der Waals surface area (Å²) in [5, 5.41) is 0. The lowest BCUT2D eigenvalue weighted by Gasteiger charge is -2.38. The summed E-state index contributed by atoms with van der Waals surface area (Å²) in [5.74, 6) is 1.13. The molecular weight excluding hydrogens is 312 g/mol. The fraction of sp³-hybridized carbons (Fsp3) is 0.667. The van der Waals surface area contributed by atoms with Crippen molar-refractivity contribution in [3.63, 3.8) is 0 Å². The van der Waals surface area contributed by atoms with Gasteiger partial charge in [0.15, 0.2) is 0 Å². The molecular formula is C21H32N2O2. The van der Waals surface area contributed by atoms with E-state index in [1.807, 2.05) is 31.2 Å². The first-order valence-electron chi connectivity index (χ1n) is 10.00. The van der Waals surface area contributed by atoms with Gasteiger partial charge in [0.05, 0.1) is 13.0 Å². The molecule has 2 saturated heterocycles. The summed E-state index contributed by atoms with van der Waals surface area (Å²) in [5.41, 5.74) is 1.07. The van der Waals surface area contributed by atoms with Crippen LogP contribution in [-0.4, -0.2) is 54.5 Å². The van der Waals surface area contributed by atoms with Crippen LogP contribution in [0.5, 0.6) is 5.75 Å². The SMILES string of the molecule is CCOc1ccc(CC(=O)N2CCC(N3CCCCCC3)CC2)cc1. The van der Waals surface area contributed by atoms with Crippen molar-refractivity contribution in [3.8, 4) is 5.75 Å². The second kappa shape index (κ2) is 9.23. The number of benzene rings is 1. The first-order valence-corrected chi connectivity index (χ1v) is 10.00. The van der Waals surface area contributed by atoms with E-state index in [2.05, 4.69) is 9.80 Å². The third kappa shape index (κ3) is 5.21. The first kappa shape index (κ1) is 18.2. The molecule has 0 spiro atoms. The standard InChI is InChI=1S/C21H32N2O2/c1-2-25-20-9-7-18(8-10-20)17-21(24)23-15-11-19(12-16-23)22-13-5-3-4-6-14-22/h7-10,19H,2-6,11-17H2,1H3. The van der Waals surface area contributed by atoms with E-state index in [4.69, 9.17) is 4.74 Å². The summed E-state index contributed by atoms with van der Waals surface area (Å²) in [7, 11) is 0. The Bertz CT molecular complexity index is 527. The summed E-state index contributed by atoms with van der Waals surface area (Å²) in [4.78, 5) is 17.3. The van der Waals surface area contributed by atoms with Crippen LogP contribution in [0.15, 0.2) is 24.3 Å². The van der Waals surface area contributed by atoms with Gasteiger partial charge in [0, 0.05) is 19.1 Å². The molecule has 0 atom stereocenters. The Balaban J connectivity index is 1.46. The predicted molar refractivity (Wildman–Crippen MR) is 101 cm³/mol. The van der Waals surface area contributed by atoms with E-state index < -0.39 is 0 Å². The van der Waals surface area contributed by atoms with Gasteiger partial charge in [-0.2, -0.15) is 0 Å². The summed E-state index contributed by atoms with van der Waals surface area (Å²) in [6.45, 7) is 6.99. The second-order valence-electron chi connectivity index (χ2n) is 7.32. The minimum Gasteiger partial charge on any atom is -0.494 e. The molecule has 2 fully saturated rings. The molecule has 138 valence electrons. The van der Waals surface area contributed by atoms with Crippen LogP contribution in [0, 0.1) is 0 Å². The number of likely N-dealkylation sites (tertiary alicyclic amines) is 2. The quantitative estimate of drug-likeness (QED) is 0.820. The molecule has 0 aromatic heterocycles. The molecule has 0 radical (unpaired) electrons. The lowest BCUT2D eigenvalue weighted by atomic mass is 10.0. The van der Waals surface area contributed by atoms with Crippen LogP contribution in [0.4, 0.5) is 0 Å². The van der Waals surface area contributed by atoms with Gasteiger partial charge in [0.2, 0.25) is 5.91 Å². The molecule has 4 nitrogen and oxygen atoms in total. The van der Waals surface area contributed by atoms with Crippen molar-refractivity contribution in [1.29, 1.82) is 0 Å². The first-order chi connectivity index (χ1) is 12.3. The molecule has 0 bridgehead atoms. The van der Waals surface area contributed by atoms with E-state index in [1.165, 1.54) is 38.8 Å². The number of hydrogen-bond donors (Lipinski definition) is 0. The summed E-state index contributed by atoms with van der Waals surface area (Å²) >= 11 is 0. The molecule has 1 aromatic carbocycles. The van der Waals surface area contributed by atoms with E-state index in [9.17, 15) is 4.79 Å². The van der Waals surface area contributed by atoms with Gasteiger partial charge >= 0.3 is 0 Å². The number of carbonyl (C=O) groups excluding carboxylic acids is 1. The van der Waals surface area contributed by atoms with Gasteiger partial charge in [-0.25, -0.2) is 0 Å². The molecule has 1 aromatic rings. The van der Waals surface area contributed by atoms with Crippen molar-refractivity contribution in [2.24, 2.45) is 0 Å². The highest BCUT2D eigenvalue weighted by molar-refractivity contribution is 5.78. The predicted octanol–water partition coefficient (Wildman–Crippen LogP) is 3.49. The smallest absolute Gasteiger partial charge is 0.226 e. The third-order valence-corrected chi connectivity index (χ3v) is 5.56. The highest BCUT2D eigenvalue weighted by Gasteiger charge is 2.27. The van der Waals surface area contributed by atoms with Crippen LogP contribution in [0.2, 0.25) is 0 Å². The van der Waals surface area contributed by atoms with Crippen LogP contribution in [0.3, 0.4) is 0 Å². The molecule has 0 unspecified atom stereocenters. The van der Waals surface area contributed by atoms with Gasteiger partial charge in [-0.15, -0.1) is 0 Å². The van der Waals surface area contributed by atoms with Crippen molar-refractivity contribution in [2.75, 3.05) is 32.8 Å². The molecule has 2 aliphatic heterocycles. The normalized spacial score (nSPS) is 20.3. The summed E-state index contributed by atoms with van der Waals surface area (Å²) in [6, 6.07) is 8.61. The zero-order valence-corrected chi connectivity index (χ0v) is 15.6. The third-order valence-electron chi connectivity index (χ3n) is 5.56. The Kier molecular flexibility index (Phi) is 6.74. The molecule has 0 N–H and O–H groups in total. The molecule has 25 heavy (non-hydrogen) atoms. The van der Waals surface area contributed by atoms with Crippen molar-refractivity contribution in [3.05, 3.63) is 29.8 Å². The van der Waals surface area contributed by atoms with Crippen molar-refractivity contribution >= 4 is 5.91 Å². The molecule has 0 aliphatic carbocycles. The van der Waals surface area contributed by atoms with E-state index in [-0.39, 0.29) is 5.91 Å². The zero-order valence-electron chi connectivity index (χ0n) is 15.6. The maximum absolute atomic E-state index is 12.6. The lowest BCUT2D eigenvalue weighted by Crippen LogP contribution is -2.47. The van der Waals surface area contributed by atoms with E-state index in [0.29, 0.717) is 19.1 Å². The topological polar surface area (TPSA) is 32.8 Å². The maximum atomic E-state index is 12.6. The highest BCUT2D eigenvalue weighted by atomic mass is 16.5. The van der Waals surface area contributed by atoms with E-state index in [1.54, 1.807) is 0 Å². The zero-order chi connectivity index (χ0) is 17.5. The Morgan fingerprint density at radius 1 is 1.00 bits per heavy atom. The van der Waals surface area contributed by atoms with Crippen LogP contribution < -0.4 is 4.74 Å². The minimum absolute atomic E-state index is 0.262. The number of rotatable bonds is 5. The van der Waals surface area contributed by atoms with E-state index >= 15 is 0 Å². The number of nitrogens with zero attached hydrogens (tertiary/aromatic N) is 2. The van der Waals surface area contributed by atoms with Crippen molar-refractivity contribution < 1.29 is 9.53 Å². The van der Waals surface area contributed by atoms with Gasteiger partial charge < -0.3 is 14.5 Å². The number of carbonyl (C=O) groups is 1. The lowest BCUT2D eigenvalue weighted by molar-refractivity contribution is -0.132. The van der Waals surface area contributed by atoms with Crippen LogP contribution in [0.25, 0.3) is 0 Å². The van der Waals surface area contributed by atoms with Crippen molar-refractivity contribution in [1.82, 2.24) is 9.80 Å². The maximum Gasteiger partial charge on any atom is 0.226 e. The van der Waals surface area contributed by atoms with E-state index in [0.717, 1.165) is 37.2 Å². The minimum atomic E-state index is 0.262. The van der Waals surface area contributed by atoms with Gasteiger partial charge in [0.1, 0.15) is 5.75 Å². The fourth-order valence-corrected chi connectivity index (χ4v) is 4.10. The molecule has 0 saturated carbocycles. The number of piperidine rings is 1. The van der Waals surface area contributed by atoms with Crippen LogP contribution >= 0.6 is 0 Å². The Labute approximate surface area is 152 Å². The van der Waals surface area contributed by atoms with Crippen molar-refractivity contribution in [2.45, 2.75) is 57.9 Å². The van der Waals surface area contributed by atoms with Crippen LogP contribution in [-0.2, 0) is 11.2 Å². The summed E-state index contributed by atoms with van der Waals surface area (Å²) in [6.07, 6.45) is 8.23. The number of hydrogen-bond acceptors (Lipinski definition) is 3. The van der Waals surface area contributed by atoms with Gasteiger partial charge in [0.25, 0.3) is 0 Å². The highest BCUT2D eigenvalue weighted by Crippen LogP contribution is 2.21. The number of amides is 1. The molecule has 1 amide bonds. The average Bonchev–Trinajstić information content (AvgIpc) is 2.93. The monoisotopic (exact) mass is 344 g/mol. The van der Waals surface area contributed by atoms with Gasteiger partial charge in [-0.1, -0.05) is 25.0 Å². The molecule has 3 rings (SSSR count). The number of ether oxygens (including phenoxy) is 1. The summed E-state index contributed by atoms with van der Waals surface area (Å²) < 4.78 is 5.46. The molecule has 2 aliphatic rings. The Hall–Kier alpha value is -1.55. The second-order valence-corrected chi connectivity index (χ2v) is 7.32. The van der Waals surface area contributed by atoms with Gasteiger partial charge in [-0.05, 0) is 63.4 Å². The average molecular weight is 344 g/mol. The largest absolute Gasteiger partial charge is 0.494 e. The van der Waals surface area contributed by atoms with Gasteiger partial charge in [-0.3, -0.25) is 4.79 Å². The Morgan fingerprint density at radius 2 is 1.64 bits per heavy atom. The fourth-order valence-electron chi connectivity index (χ4n) is 4.10. The Morgan fingerprint density at radius 3 is 2.24 bits per heavy atom.